The minimum atomic E-state index is -0.161. The van der Waals surface area contributed by atoms with E-state index in [1.54, 1.807) is 6.07 Å². The van der Waals surface area contributed by atoms with Gasteiger partial charge in [0.15, 0.2) is 5.69 Å². The molecule has 3 rings (SSSR count). The van der Waals surface area contributed by atoms with Gasteiger partial charge in [0.25, 0.3) is 5.91 Å². The third-order valence-electron chi connectivity index (χ3n) is 4.25. The molecule has 6 heteroatoms. The van der Waals surface area contributed by atoms with Gasteiger partial charge in [0.2, 0.25) is 0 Å². The molecule has 1 unspecified atom stereocenters. The van der Waals surface area contributed by atoms with Crippen molar-refractivity contribution >= 4 is 24.0 Å². The summed E-state index contributed by atoms with van der Waals surface area (Å²) in [5.74, 6) is -0.161. The zero-order valence-electron chi connectivity index (χ0n) is 13.5. The number of hydrogen-bond donors (Lipinski definition) is 2. The summed E-state index contributed by atoms with van der Waals surface area (Å²) in [5, 5.41) is 10.7. The average Bonchev–Trinajstić information content (AvgIpc) is 3.02. The van der Waals surface area contributed by atoms with Crippen molar-refractivity contribution in [3.8, 4) is 0 Å². The van der Waals surface area contributed by atoms with E-state index in [9.17, 15) is 4.79 Å². The molecule has 1 aliphatic heterocycles. The summed E-state index contributed by atoms with van der Waals surface area (Å²) in [4.78, 5) is 12.3. The van der Waals surface area contributed by atoms with Crippen molar-refractivity contribution in [2.45, 2.75) is 32.7 Å². The van der Waals surface area contributed by atoms with Crippen molar-refractivity contribution < 1.29 is 4.79 Å². The second-order valence-corrected chi connectivity index (χ2v) is 5.93. The van der Waals surface area contributed by atoms with E-state index in [0.29, 0.717) is 11.7 Å². The van der Waals surface area contributed by atoms with Gasteiger partial charge in [-0.3, -0.25) is 9.48 Å². The number of carbonyl (C=O) groups is 1. The minimum Gasteiger partial charge on any atom is -0.321 e. The smallest absolute Gasteiger partial charge is 0.276 e. The van der Waals surface area contributed by atoms with Crippen LogP contribution in [0.1, 0.15) is 40.5 Å². The third kappa shape index (κ3) is 4.12. The number of piperidine rings is 1. The van der Waals surface area contributed by atoms with Gasteiger partial charge in [-0.25, -0.2) is 0 Å². The first kappa shape index (κ1) is 17.5. The highest BCUT2D eigenvalue weighted by atomic mass is 35.5. The molecule has 1 aliphatic rings. The molecule has 23 heavy (non-hydrogen) atoms. The summed E-state index contributed by atoms with van der Waals surface area (Å²) in [7, 11) is 0. The highest BCUT2D eigenvalue weighted by molar-refractivity contribution is 6.02. The lowest BCUT2D eigenvalue weighted by atomic mass is 10.1. The van der Waals surface area contributed by atoms with Crippen molar-refractivity contribution in [1.29, 1.82) is 0 Å². The summed E-state index contributed by atoms with van der Waals surface area (Å²) in [6, 6.07) is 8.04. The van der Waals surface area contributed by atoms with Crippen LogP contribution in [0.5, 0.6) is 0 Å². The maximum Gasteiger partial charge on any atom is 0.276 e. The maximum absolute atomic E-state index is 12.3. The van der Waals surface area contributed by atoms with Crippen LogP contribution < -0.4 is 10.6 Å². The summed E-state index contributed by atoms with van der Waals surface area (Å²) < 4.78 is 1.90. The summed E-state index contributed by atoms with van der Waals surface area (Å²) in [6.45, 7) is 6.08. The molecule has 0 saturated carbocycles. The molecular formula is C17H23ClN4O. The van der Waals surface area contributed by atoms with Crippen LogP contribution in [-0.2, 0) is 0 Å². The monoisotopic (exact) mass is 334 g/mol. The molecule has 1 fully saturated rings. The first-order chi connectivity index (χ1) is 10.6. The molecule has 1 amide bonds. The highest BCUT2D eigenvalue weighted by Crippen LogP contribution is 2.17. The van der Waals surface area contributed by atoms with Gasteiger partial charge in [-0.2, -0.15) is 5.10 Å². The standard InChI is InChI=1S/C17H22N4O.ClH/c1-12-5-6-14(10-13(12)2)19-17(22)16-7-9-21(20-16)15-4-3-8-18-11-15;/h5-7,9-10,15,18H,3-4,8,11H2,1-2H3,(H,19,22);1H. The van der Waals surface area contributed by atoms with E-state index < -0.39 is 0 Å². The predicted molar refractivity (Wildman–Crippen MR) is 94.5 cm³/mol. The molecule has 1 saturated heterocycles. The van der Waals surface area contributed by atoms with E-state index in [4.69, 9.17) is 0 Å². The average molecular weight is 335 g/mol. The van der Waals surface area contributed by atoms with Gasteiger partial charge in [0, 0.05) is 18.4 Å². The van der Waals surface area contributed by atoms with E-state index in [2.05, 4.69) is 22.7 Å². The lowest BCUT2D eigenvalue weighted by Crippen LogP contribution is -2.32. The van der Waals surface area contributed by atoms with E-state index in [-0.39, 0.29) is 18.3 Å². The molecule has 2 aromatic rings. The predicted octanol–water partition coefficient (Wildman–Crippen LogP) is 3.10. The molecule has 0 spiro atoms. The fourth-order valence-corrected chi connectivity index (χ4v) is 2.74. The second-order valence-electron chi connectivity index (χ2n) is 5.93. The Morgan fingerprint density at radius 2 is 2.13 bits per heavy atom. The van der Waals surface area contributed by atoms with Crippen molar-refractivity contribution in [1.82, 2.24) is 15.1 Å². The number of nitrogens with one attached hydrogen (secondary N) is 2. The van der Waals surface area contributed by atoms with Crippen molar-refractivity contribution in [2.24, 2.45) is 0 Å². The van der Waals surface area contributed by atoms with Crippen LogP contribution in [0.25, 0.3) is 0 Å². The molecule has 0 radical (unpaired) electrons. The number of rotatable bonds is 3. The molecule has 1 aromatic heterocycles. The zero-order chi connectivity index (χ0) is 15.5. The van der Waals surface area contributed by atoms with Crippen molar-refractivity contribution in [2.75, 3.05) is 18.4 Å². The van der Waals surface area contributed by atoms with E-state index in [1.807, 2.05) is 36.0 Å². The Morgan fingerprint density at radius 1 is 1.30 bits per heavy atom. The van der Waals surface area contributed by atoms with Gasteiger partial charge in [0.05, 0.1) is 6.04 Å². The van der Waals surface area contributed by atoms with Crippen LogP contribution in [-0.4, -0.2) is 28.8 Å². The Bertz CT molecular complexity index is 677. The van der Waals surface area contributed by atoms with Gasteiger partial charge >= 0.3 is 0 Å². The topological polar surface area (TPSA) is 59.0 Å². The molecule has 1 atom stereocenters. The van der Waals surface area contributed by atoms with Crippen molar-refractivity contribution in [3.63, 3.8) is 0 Å². The molecule has 5 nitrogen and oxygen atoms in total. The molecule has 2 N–H and O–H groups in total. The summed E-state index contributed by atoms with van der Waals surface area (Å²) in [6.07, 6.45) is 4.15. The number of halogens is 1. The molecule has 2 heterocycles. The quantitative estimate of drug-likeness (QED) is 0.906. The normalized spacial score (nSPS) is 17.4. The number of benzene rings is 1. The van der Waals surface area contributed by atoms with E-state index in [1.165, 1.54) is 5.56 Å². The molecule has 0 aliphatic carbocycles. The van der Waals surface area contributed by atoms with Crippen LogP contribution in [0.4, 0.5) is 5.69 Å². The summed E-state index contributed by atoms with van der Waals surface area (Å²) in [5.41, 5.74) is 3.65. The van der Waals surface area contributed by atoms with Crippen LogP contribution >= 0.6 is 12.4 Å². The number of aryl methyl sites for hydroxylation is 2. The Morgan fingerprint density at radius 3 is 2.83 bits per heavy atom. The molecular weight excluding hydrogens is 312 g/mol. The van der Waals surface area contributed by atoms with Gasteiger partial charge in [0.1, 0.15) is 0 Å². The van der Waals surface area contributed by atoms with Crippen LogP contribution in [0.3, 0.4) is 0 Å². The Kier molecular flexibility index (Phi) is 5.80. The number of aromatic nitrogens is 2. The number of carbonyl (C=O) groups excluding carboxylic acids is 1. The number of nitrogens with zero attached hydrogens (tertiary/aromatic N) is 2. The molecule has 124 valence electrons. The number of amides is 1. The van der Waals surface area contributed by atoms with Crippen LogP contribution in [0.2, 0.25) is 0 Å². The van der Waals surface area contributed by atoms with Gasteiger partial charge in [-0.1, -0.05) is 6.07 Å². The first-order valence-electron chi connectivity index (χ1n) is 7.78. The van der Waals surface area contributed by atoms with Gasteiger partial charge in [-0.05, 0) is 62.6 Å². The zero-order valence-corrected chi connectivity index (χ0v) is 14.3. The Balaban J connectivity index is 0.00000192. The fourth-order valence-electron chi connectivity index (χ4n) is 2.74. The fraction of sp³-hybridized carbons (Fsp3) is 0.412. The molecule has 0 bridgehead atoms. The number of hydrogen-bond acceptors (Lipinski definition) is 3. The van der Waals surface area contributed by atoms with E-state index in [0.717, 1.165) is 37.2 Å². The van der Waals surface area contributed by atoms with Crippen LogP contribution in [0.15, 0.2) is 30.5 Å². The third-order valence-corrected chi connectivity index (χ3v) is 4.25. The lowest BCUT2D eigenvalue weighted by Gasteiger charge is -2.22. The Labute approximate surface area is 142 Å². The van der Waals surface area contributed by atoms with Gasteiger partial charge < -0.3 is 10.6 Å². The second kappa shape index (κ2) is 7.62. The highest BCUT2D eigenvalue weighted by Gasteiger charge is 2.17. The Hall–Kier alpha value is -1.85. The summed E-state index contributed by atoms with van der Waals surface area (Å²) >= 11 is 0. The SMILES string of the molecule is Cc1ccc(NC(=O)c2ccn(C3CCCNC3)n2)cc1C.Cl. The number of anilines is 1. The van der Waals surface area contributed by atoms with Crippen LogP contribution in [0, 0.1) is 13.8 Å². The van der Waals surface area contributed by atoms with E-state index >= 15 is 0 Å². The largest absolute Gasteiger partial charge is 0.321 e. The minimum absolute atomic E-state index is 0. The lowest BCUT2D eigenvalue weighted by molar-refractivity contribution is 0.102. The first-order valence-corrected chi connectivity index (χ1v) is 7.78. The van der Waals surface area contributed by atoms with Crippen molar-refractivity contribution in [3.05, 3.63) is 47.3 Å². The molecule has 1 aromatic carbocycles. The maximum atomic E-state index is 12.3. The van der Waals surface area contributed by atoms with Gasteiger partial charge in [-0.15, -0.1) is 12.4 Å².